The second-order valence-corrected chi connectivity index (χ2v) is 5.96. The summed E-state index contributed by atoms with van der Waals surface area (Å²) < 4.78 is 10.5. The van der Waals surface area contributed by atoms with Gasteiger partial charge in [-0.15, -0.1) is 0 Å². The van der Waals surface area contributed by atoms with Crippen molar-refractivity contribution in [3.8, 4) is 11.5 Å². The third-order valence-corrected chi connectivity index (χ3v) is 4.47. The van der Waals surface area contributed by atoms with E-state index < -0.39 is 0 Å². The van der Waals surface area contributed by atoms with Crippen molar-refractivity contribution >= 4 is 17.2 Å². The van der Waals surface area contributed by atoms with E-state index in [1.165, 1.54) is 6.26 Å². The van der Waals surface area contributed by atoms with Crippen molar-refractivity contribution in [2.24, 2.45) is 0 Å². The van der Waals surface area contributed by atoms with Crippen LogP contribution in [0.15, 0.2) is 44.2 Å². The molecule has 1 amide bonds. The van der Waals surface area contributed by atoms with Gasteiger partial charge < -0.3 is 13.8 Å². The molecule has 1 unspecified atom stereocenters. The largest absolute Gasteiger partial charge is 0.459 e. The van der Waals surface area contributed by atoms with Crippen molar-refractivity contribution in [2.75, 3.05) is 13.1 Å². The Morgan fingerprint density at radius 1 is 1.41 bits per heavy atom. The Morgan fingerprint density at radius 2 is 2.36 bits per heavy atom. The maximum Gasteiger partial charge on any atom is 0.289 e. The van der Waals surface area contributed by atoms with Crippen LogP contribution in [0.3, 0.4) is 0 Å². The molecule has 1 fully saturated rings. The van der Waals surface area contributed by atoms with Gasteiger partial charge in [-0.2, -0.15) is 16.3 Å². The summed E-state index contributed by atoms with van der Waals surface area (Å²) in [7, 11) is 0. The number of likely N-dealkylation sites (tertiary alicyclic amines) is 1. The minimum Gasteiger partial charge on any atom is -0.459 e. The molecule has 3 aromatic heterocycles. The summed E-state index contributed by atoms with van der Waals surface area (Å²) in [5.41, 5.74) is 0.935. The number of hydrogen-bond acceptors (Lipinski definition) is 6. The van der Waals surface area contributed by atoms with Crippen LogP contribution in [0.2, 0.25) is 0 Å². The number of amides is 1. The van der Waals surface area contributed by atoms with Gasteiger partial charge >= 0.3 is 0 Å². The van der Waals surface area contributed by atoms with Crippen LogP contribution in [-0.4, -0.2) is 34.0 Å². The van der Waals surface area contributed by atoms with Crippen LogP contribution in [0.4, 0.5) is 0 Å². The fourth-order valence-corrected chi connectivity index (χ4v) is 3.25. The molecule has 1 aliphatic rings. The number of hydrogen-bond donors (Lipinski definition) is 0. The number of carbonyl (C=O) groups excluding carboxylic acids is 1. The number of thiophene rings is 1. The van der Waals surface area contributed by atoms with E-state index in [4.69, 9.17) is 8.94 Å². The van der Waals surface area contributed by atoms with E-state index in [0.29, 0.717) is 30.6 Å². The third-order valence-electron chi connectivity index (χ3n) is 3.78. The smallest absolute Gasteiger partial charge is 0.289 e. The lowest BCUT2D eigenvalue weighted by molar-refractivity contribution is 0.0759. The third kappa shape index (κ3) is 2.33. The monoisotopic (exact) mass is 315 g/mol. The van der Waals surface area contributed by atoms with E-state index in [9.17, 15) is 4.79 Å². The molecule has 4 heterocycles. The molecule has 1 aliphatic heterocycles. The second-order valence-electron chi connectivity index (χ2n) is 5.18. The SMILES string of the molecule is O=C(c1ccco1)N1CCC(c2noc(-c3ccsc3)n2)C1. The summed E-state index contributed by atoms with van der Waals surface area (Å²) in [6.45, 7) is 1.26. The molecule has 0 bridgehead atoms. The van der Waals surface area contributed by atoms with Crippen molar-refractivity contribution in [3.63, 3.8) is 0 Å². The van der Waals surface area contributed by atoms with Gasteiger partial charge in [-0.1, -0.05) is 5.16 Å². The number of furan rings is 1. The molecule has 0 spiro atoms. The van der Waals surface area contributed by atoms with Gasteiger partial charge in [0.2, 0.25) is 0 Å². The van der Waals surface area contributed by atoms with Crippen LogP contribution < -0.4 is 0 Å². The highest BCUT2D eigenvalue weighted by molar-refractivity contribution is 7.08. The first kappa shape index (κ1) is 13.3. The highest BCUT2D eigenvalue weighted by Crippen LogP contribution is 2.28. The van der Waals surface area contributed by atoms with E-state index in [1.807, 2.05) is 16.8 Å². The van der Waals surface area contributed by atoms with Crippen LogP contribution in [0.5, 0.6) is 0 Å². The number of nitrogens with zero attached hydrogens (tertiary/aromatic N) is 3. The number of rotatable bonds is 3. The summed E-state index contributed by atoms with van der Waals surface area (Å²) in [6.07, 6.45) is 2.34. The van der Waals surface area contributed by atoms with Crippen molar-refractivity contribution in [1.29, 1.82) is 0 Å². The Labute approximate surface area is 130 Å². The Morgan fingerprint density at radius 3 is 3.14 bits per heavy atom. The zero-order chi connectivity index (χ0) is 14.9. The van der Waals surface area contributed by atoms with Gasteiger partial charge in [0, 0.05) is 24.4 Å². The lowest BCUT2D eigenvalue weighted by Crippen LogP contribution is -2.28. The van der Waals surface area contributed by atoms with E-state index in [0.717, 1.165) is 12.0 Å². The summed E-state index contributed by atoms with van der Waals surface area (Å²) in [5, 5.41) is 8.01. The zero-order valence-corrected chi connectivity index (χ0v) is 12.5. The Kier molecular flexibility index (Phi) is 3.27. The van der Waals surface area contributed by atoms with Gasteiger partial charge in [-0.3, -0.25) is 4.79 Å². The number of aromatic nitrogens is 2. The maximum absolute atomic E-state index is 12.2. The van der Waals surface area contributed by atoms with E-state index in [2.05, 4.69) is 10.1 Å². The molecule has 3 aromatic rings. The molecule has 0 radical (unpaired) electrons. The van der Waals surface area contributed by atoms with Crippen LogP contribution in [0.1, 0.15) is 28.7 Å². The normalized spacial score (nSPS) is 18.0. The lowest BCUT2D eigenvalue weighted by atomic mass is 10.1. The molecule has 1 saturated heterocycles. The summed E-state index contributed by atoms with van der Waals surface area (Å²) in [5.74, 6) is 1.58. The molecule has 0 aromatic carbocycles. The molecule has 6 nitrogen and oxygen atoms in total. The van der Waals surface area contributed by atoms with Crippen molar-refractivity contribution in [1.82, 2.24) is 15.0 Å². The lowest BCUT2D eigenvalue weighted by Gasteiger charge is -2.13. The minimum absolute atomic E-state index is 0.0888. The minimum atomic E-state index is -0.0888. The molecule has 0 N–H and O–H groups in total. The Balaban J connectivity index is 1.48. The molecule has 112 valence electrons. The predicted molar refractivity (Wildman–Crippen MR) is 79.6 cm³/mol. The van der Waals surface area contributed by atoms with Gasteiger partial charge in [0.1, 0.15) is 0 Å². The average molecular weight is 315 g/mol. The van der Waals surface area contributed by atoms with Gasteiger partial charge in [0.05, 0.1) is 11.8 Å². The summed E-state index contributed by atoms with van der Waals surface area (Å²) in [6, 6.07) is 5.34. The van der Waals surface area contributed by atoms with Gasteiger partial charge in [0.15, 0.2) is 11.6 Å². The summed E-state index contributed by atoms with van der Waals surface area (Å²) >= 11 is 1.59. The van der Waals surface area contributed by atoms with Gasteiger partial charge in [-0.25, -0.2) is 0 Å². The van der Waals surface area contributed by atoms with Gasteiger partial charge in [-0.05, 0) is 30.0 Å². The maximum atomic E-state index is 12.2. The van der Waals surface area contributed by atoms with Crippen molar-refractivity contribution in [2.45, 2.75) is 12.3 Å². The summed E-state index contributed by atoms with van der Waals surface area (Å²) in [4.78, 5) is 18.5. The topological polar surface area (TPSA) is 72.4 Å². The number of carbonyl (C=O) groups is 1. The molecular formula is C15H13N3O3S. The Bertz CT molecular complexity index is 764. The first-order valence-corrected chi connectivity index (χ1v) is 7.94. The van der Waals surface area contributed by atoms with E-state index in [-0.39, 0.29) is 11.8 Å². The quantitative estimate of drug-likeness (QED) is 0.743. The van der Waals surface area contributed by atoms with Crippen LogP contribution in [0, 0.1) is 0 Å². The first-order chi connectivity index (χ1) is 10.8. The average Bonchev–Trinajstić information content (AvgIpc) is 3.35. The molecule has 4 rings (SSSR count). The highest BCUT2D eigenvalue weighted by atomic mass is 32.1. The molecule has 22 heavy (non-hydrogen) atoms. The molecular weight excluding hydrogens is 302 g/mol. The van der Waals surface area contributed by atoms with Crippen LogP contribution in [0.25, 0.3) is 11.5 Å². The molecule has 1 atom stereocenters. The van der Waals surface area contributed by atoms with E-state index in [1.54, 1.807) is 28.4 Å². The predicted octanol–water partition coefficient (Wildman–Crippen LogP) is 3.02. The Hall–Kier alpha value is -2.41. The van der Waals surface area contributed by atoms with Crippen LogP contribution >= 0.6 is 11.3 Å². The fraction of sp³-hybridized carbons (Fsp3) is 0.267. The van der Waals surface area contributed by atoms with Gasteiger partial charge in [0.25, 0.3) is 11.8 Å². The fourth-order valence-electron chi connectivity index (χ4n) is 2.62. The molecule has 0 saturated carbocycles. The molecule has 7 heteroatoms. The first-order valence-electron chi connectivity index (χ1n) is 7.00. The second kappa shape index (κ2) is 5.42. The van der Waals surface area contributed by atoms with E-state index >= 15 is 0 Å². The zero-order valence-electron chi connectivity index (χ0n) is 11.6. The standard InChI is InChI=1S/C15H13N3O3S/c19-15(12-2-1-6-20-12)18-5-3-10(8-18)13-16-14(21-17-13)11-4-7-22-9-11/h1-2,4,6-7,9-10H,3,5,8H2. The molecule has 0 aliphatic carbocycles. The van der Waals surface area contributed by atoms with Crippen molar-refractivity contribution in [3.05, 3.63) is 46.8 Å². The van der Waals surface area contributed by atoms with Crippen LogP contribution in [-0.2, 0) is 0 Å². The van der Waals surface area contributed by atoms with Crippen molar-refractivity contribution < 1.29 is 13.7 Å². The highest BCUT2D eigenvalue weighted by Gasteiger charge is 2.32.